The van der Waals surface area contributed by atoms with E-state index in [4.69, 9.17) is 4.74 Å². The summed E-state index contributed by atoms with van der Waals surface area (Å²) in [5.74, 6) is -0.357. The van der Waals surface area contributed by atoms with E-state index in [0.717, 1.165) is 42.4 Å². The highest BCUT2D eigenvalue weighted by Gasteiger charge is 2.26. The van der Waals surface area contributed by atoms with Crippen LogP contribution in [0.25, 0.3) is 0 Å². The topological polar surface area (TPSA) is 75.7 Å². The predicted octanol–water partition coefficient (Wildman–Crippen LogP) is 6.97. The first-order chi connectivity index (χ1) is 19.0. The molecule has 0 aromatic heterocycles. The summed E-state index contributed by atoms with van der Waals surface area (Å²) in [4.78, 5) is 14.8. The summed E-state index contributed by atoms with van der Waals surface area (Å²) in [6, 6.07) is 17.0. The number of amides is 1. The molecule has 1 aliphatic rings. The van der Waals surface area contributed by atoms with Crippen LogP contribution < -0.4 is 9.46 Å². The molecule has 3 aromatic carbocycles. The van der Waals surface area contributed by atoms with Crippen LogP contribution in [0.3, 0.4) is 0 Å². The molecule has 8 heteroatoms. The molecule has 3 aromatic rings. The number of hydrogen-bond acceptors (Lipinski definition) is 4. The largest absolute Gasteiger partial charge is 0.493 e. The molecule has 0 spiro atoms. The van der Waals surface area contributed by atoms with Gasteiger partial charge in [0.2, 0.25) is 5.91 Å². The lowest BCUT2D eigenvalue weighted by molar-refractivity contribution is -0.131. The second-order valence-corrected chi connectivity index (χ2v) is 13.1. The zero-order valence-corrected chi connectivity index (χ0v) is 24.6. The molecule has 0 aliphatic carbocycles. The zero-order chi connectivity index (χ0) is 28.9. The number of nitrogens with one attached hydrogen (secondary N) is 1. The molecule has 4 rings (SSSR count). The molecule has 0 bridgehead atoms. The average Bonchev–Trinajstić information content (AvgIpc) is 3.34. The maximum Gasteiger partial charge on any atom is 0.261 e. The molecule has 0 saturated carbocycles. The summed E-state index contributed by atoms with van der Waals surface area (Å²) in [6.07, 6.45) is 4.46. The lowest BCUT2D eigenvalue weighted by Gasteiger charge is -2.19. The Labute approximate surface area is 237 Å². The summed E-state index contributed by atoms with van der Waals surface area (Å²) >= 11 is 0. The lowest BCUT2D eigenvalue weighted by atomic mass is 9.86. The number of hydrogen-bond donors (Lipinski definition) is 1. The molecule has 0 radical (unpaired) electrons. The van der Waals surface area contributed by atoms with Crippen LogP contribution in [0.4, 0.5) is 10.1 Å². The number of sulfonamides is 1. The maximum atomic E-state index is 14.7. The molecule has 40 heavy (non-hydrogen) atoms. The van der Waals surface area contributed by atoms with Crippen LogP contribution in [0.2, 0.25) is 0 Å². The molecule has 1 heterocycles. The van der Waals surface area contributed by atoms with E-state index < -0.39 is 15.8 Å². The Morgan fingerprint density at radius 2 is 1.68 bits per heavy atom. The number of unbranched alkanes of at least 4 members (excludes halogenated alkanes) is 3. The average molecular weight is 567 g/mol. The third-order valence-electron chi connectivity index (χ3n) is 7.19. The van der Waals surface area contributed by atoms with E-state index in [1.807, 2.05) is 12.1 Å². The number of rotatable bonds is 11. The minimum atomic E-state index is -4.03. The van der Waals surface area contributed by atoms with Crippen molar-refractivity contribution in [3.63, 3.8) is 0 Å². The minimum absolute atomic E-state index is 0.0167. The van der Waals surface area contributed by atoms with Gasteiger partial charge < -0.3 is 9.64 Å². The molecule has 1 N–H and O–H groups in total. The molecule has 1 aliphatic heterocycles. The van der Waals surface area contributed by atoms with Crippen LogP contribution in [-0.4, -0.2) is 25.8 Å². The Hall–Kier alpha value is -3.39. The first-order valence-electron chi connectivity index (χ1n) is 13.9. The van der Waals surface area contributed by atoms with Gasteiger partial charge in [0, 0.05) is 19.2 Å². The number of halogens is 1. The van der Waals surface area contributed by atoms with Gasteiger partial charge in [-0.25, -0.2) is 12.8 Å². The van der Waals surface area contributed by atoms with Crippen molar-refractivity contribution < 1.29 is 22.3 Å². The SMILES string of the molecule is CCCCCCOc1ccc(NS(=O)(=O)c2ccc3c(c2)CN(C(=O)Cc2ccc(C(C)(C)C)cc2)C3)c(F)c1. The van der Waals surface area contributed by atoms with Gasteiger partial charge in [-0.15, -0.1) is 0 Å². The maximum absolute atomic E-state index is 14.7. The van der Waals surface area contributed by atoms with Gasteiger partial charge in [0.25, 0.3) is 10.0 Å². The van der Waals surface area contributed by atoms with Gasteiger partial charge in [-0.05, 0) is 58.4 Å². The summed E-state index contributed by atoms with van der Waals surface area (Å²) in [7, 11) is -4.03. The smallest absolute Gasteiger partial charge is 0.261 e. The summed E-state index contributed by atoms with van der Waals surface area (Å²) in [6.45, 7) is 9.82. The monoisotopic (exact) mass is 566 g/mol. The summed E-state index contributed by atoms with van der Waals surface area (Å²) in [5, 5.41) is 0. The normalized spacial score (nSPS) is 13.3. The Morgan fingerprint density at radius 3 is 2.35 bits per heavy atom. The fourth-order valence-electron chi connectivity index (χ4n) is 4.71. The Bertz CT molecular complexity index is 1450. The molecule has 0 fully saturated rings. The molecular formula is C32H39FN2O4S. The van der Waals surface area contributed by atoms with Crippen molar-refractivity contribution in [3.05, 3.63) is 88.7 Å². The van der Waals surface area contributed by atoms with Crippen LogP contribution in [-0.2, 0) is 39.7 Å². The summed E-state index contributed by atoms with van der Waals surface area (Å²) in [5.41, 5.74) is 3.73. The fourth-order valence-corrected chi connectivity index (χ4v) is 5.83. The van der Waals surface area contributed by atoms with Crippen molar-refractivity contribution in [3.8, 4) is 5.75 Å². The van der Waals surface area contributed by atoms with Crippen LogP contribution in [0.5, 0.6) is 5.75 Å². The zero-order valence-electron chi connectivity index (χ0n) is 23.8. The van der Waals surface area contributed by atoms with Gasteiger partial charge >= 0.3 is 0 Å². The second kappa shape index (κ2) is 12.4. The highest BCUT2D eigenvalue weighted by molar-refractivity contribution is 7.92. The van der Waals surface area contributed by atoms with Crippen LogP contribution in [0.15, 0.2) is 65.6 Å². The van der Waals surface area contributed by atoms with Gasteiger partial charge in [0.15, 0.2) is 5.82 Å². The molecule has 214 valence electrons. The quantitative estimate of drug-likeness (QED) is 0.254. The number of carbonyl (C=O) groups is 1. The van der Waals surface area contributed by atoms with Gasteiger partial charge in [-0.1, -0.05) is 77.3 Å². The fraction of sp³-hybridized carbons (Fsp3) is 0.406. The van der Waals surface area contributed by atoms with Crippen molar-refractivity contribution in [1.29, 1.82) is 0 Å². The predicted molar refractivity (Wildman–Crippen MR) is 156 cm³/mol. The Kier molecular flexibility index (Phi) is 9.19. The number of anilines is 1. The van der Waals surface area contributed by atoms with Gasteiger partial charge in [-0.3, -0.25) is 9.52 Å². The standard InChI is InChI=1S/C32H39FN2O4S/c1-5-6-7-8-17-39-27-14-16-30(29(33)20-27)34-40(37,38)28-15-11-24-21-35(22-25(24)19-28)31(36)18-23-9-12-26(13-10-23)32(2,3)4/h9-16,19-20,34H,5-8,17-18,21-22H2,1-4H3. The number of carbonyl (C=O) groups excluding carboxylic acids is 1. The third-order valence-corrected chi connectivity index (χ3v) is 8.55. The van der Waals surface area contributed by atoms with E-state index in [-0.39, 0.29) is 28.3 Å². The molecule has 0 atom stereocenters. The van der Waals surface area contributed by atoms with Gasteiger partial charge in [0.1, 0.15) is 5.75 Å². The number of ether oxygens (including phenoxy) is 1. The molecule has 0 saturated heterocycles. The second-order valence-electron chi connectivity index (χ2n) is 11.5. The first-order valence-corrected chi connectivity index (χ1v) is 15.4. The minimum Gasteiger partial charge on any atom is -0.493 e. The van der Waals surface area contributed by atoms with Crippen molar-refractivity contribution in [1.82, 2.24) is 4.90 Å². The van der Waals surface area contributed by atoms with E-state index in [1.165, 1.54) is 23.8 Å². The van der Waals surface area contributed by atoms with E-state index in [0.29, 0.717) is 25.4 Å². The van der Waals surface area contributed by atoms with Crippen molar-refractivity contribution in [2.24, 2.45) is 0 Å². The molecule has 1 amide bonds. The number of benzene rings is 3. The number of nitrogens with zero attached hydrogens (tertiary/aromatic N) is 1. The van der Waals surface area contributed by atoms with E-state index >= 15 is 0 Å². The lowest BCUT2D eigenvalue weighted by Crippen LogP contribution is -2.26. The van der Waals surface area contributed by atoms with Crippen LogP contribution in [0.1, 0.15) is 75.6 Å². The van der Waals surface area contributed by atoms with Crippen molar-refractivity contribution in [2.75, 3.05) is 11.3 Å². The third kappa shape index (κ3) is 7.42. The number of fused-ring (bicyclic) bond motifs is 1. The van der Waals surface area contributed by atoms with Gasteiger partial charge in [0.05, 0.1) is 23.6 Å². The van der Waals surface area contributed by atoms with Crippen LogP contribution >= 0.6 is 0 Å². The summed E-state index contributed by atoms with van der Waals surface area (Å²) < 4.78 is 48.8. The molecule has 0 unspecified atom stereocenters. The highest BCUT2D eigenvalue weighted by atomic mass is 32.2. The first kappa shape index (κ1) is 29.6. The van der Waals surface area contributed by atoms with Gasteiger partial charge in [-0.2, -0.15) is 0 Å². The van der Waals surface area contributed by atoms with Crippen molar-refractivity contribution in [2.45, 2.75) is 83.2 Å². The molecule has 6 nitrogen and oxygen atoms in total. The highest BCUT2D eigenvalue weighted by Crippen LogP contribution is 2.29. The Balaban J connectivity index is 1.37. The van der Waals surface area contributed by atoms with E-state index in [9.17, 15) is 17.6 Å². The van der Waals surface area contributed by atoms with Crippen molar-refractivity contribution >= 4 is 21.6 Å². The van der Waals surface area contributed by atoms with E-state index in [1.54, 1.807) is 23.1 Å². The van der Waals surface area contributed by atoms with E-state index in [2.05, 4.69) is 44.5 Å². The van der Waals surface area contributed by atoms with Crippen LogP contribution in [0, 0.1) is 5.82 Å². The Morgan fingerprint density at radius 1 is 0.950 bits per heavy atom. The molecular weight excluding hydrogens is 527 g/mol.